The van der Waals surface area contributed by atoms with Crippen LogP contribution in [-0.4, -0.2) is 34.3 Å². The third kappa shape index (κ3) is 4.68. The van der Waals surface area contributed by atoms with E-state index in [0.717, 1.165) is 24.8 Å². The Labute approximate surface area is 181 Å². The van der Waals surface area contributed by atoms with Crippen molar-refractivity contribution in [1.82, 2.24) is 0 Å². The minimum absolute atomic E-state index is 0.0936. The number of hydrogen-bond acceptors (Lipinski definition) is 4. The summed E-state index contributed by atoms with van der Waals surface area (Å²) in [7, 11) is -1.28. The summed E-state index contributed by atoms with van der Waals surface area (Å²) in [6.07, 6.45) is 3.99. The third-order valence-electron chi connectivity index (χ3n) is 5.77. The molecule has 160 valence electrons. The van der Waals surface area contributed by atoms with E-state index in [0.29, 0.717) is 6.61 Å². The fourth-order valence-electron chi connectivity index (χ4n) is 4.31. The Kier molecular flexibility index (Phi) is 7.16. The van der Waals surface area contributed by atoms with E-state index in [4.69, 9.17) is 13.9 Å². The van der Waals surface area contributed by atoms with E-state index in [1.807, 2.05) is 12.1 Å². The monoisotopic (exact) mass is 424 g/mol. The van der Waals surface area contributed by atoms with Gasteiger partial charge in [-0.05, 0) is 40.2 Å². The molecule has 0 amide bonds. The summed E-state index contributed by atoms with van der Waals surface area (Å²) in [5, 5.41) is 2.39. The Bertz CT molecular complexity index is 816. The summed E-state index contributed by atoms with van der Waals surface area (Å²) in [6, 6.07) is 21.1. The molecule has 0 saturated carbocycles. The number of rotatable bonds is 6. The van der Waals surface area contributed by atoms with E-state index < -0.39 is 14.5 Å². The lowest BCUT2D eigenvalue weighted by molar-refractivity contribution is 0.0409. The molecule has 0 aromatic heterocycles. The molecule has 0 fully saturated rings. The third-order valence-corrected chi connectivity index (χ3v) is 10.8. The Hall–Kier alpha value is -2.37. The van der Waals surface area contributed by atoms with Crippen LogP contribution in [0.5, 0.6) is 0 Å². The van der Waals surface area contributed by atoms with Crippen molar-refractivity contribution in [3.63, 3.8) is 0 Å². The van der Waals surface area contributed by atoms with Gasteiger partial charge in [0.25, 0.3) is 8.32 Å². The van der Waals surface area contributed by atoms with Crippen LogP contribution in [0.2, 0.25) is 5.04 Å². The van der Waals surface area contributed by atoms with Gasteiger partial charge >= 0.3 is 6.16 Å². The van der Waals surface area contributed by atoms with Crippen molar-refractivity contribution >= 4 is 24.8 Å². The molecular weight excluding hydrogens is 392 g/mol. The molecule has 2 aromatic rings. The average Bonchev–Trinajstić information content (AvgIpc) is 2.75. The molecule has 3 rings (SSSR count). The van der Waals surface area contributed by atoms with E-state index in [1.165, 1.54) is 17.5 Å². The number of methoxy groups -OCH3 is 1. The summed E-state index contributed by atoms with van der Waals surface area (Å²) >= 11 is 0. The van der Waals surface area contributed by atoms with Gasteiger partial charge in [-0.1, -0.05) is 87.5 Å². The van der Waals surface area contributed by atoms with Crippen LogP contribution in [0.4, 0.5) is 4.79 Å². The average molecular weight is 425 g/mol. The van der Waals surface area contributed by atoms with Crippen molar-refractivity contribution in [2.24, 2.45) is 0 Å². The van der Waals surface area contributed by atoms with Gasteiger partial charge in [0.15, 0.2) is 0 Å². The van der Waals surface area contributed by atoms with Gasteiger partial charge in [-0.2, -0.15) is 0 Å². The first-order chi connectivity index (χ1) is 14.4. The highest BCUT2D eigenvalue weighted by atomic mass is 28.4. The zero-order chi connectivity index (χ0) is 21.6. The second-order valence-electron chi connectivity index (χ2n) is 8.72. The predicted molar refractivity (Wildman–Crippen MR) is 123 cm³/mol. The molecule has 1 aliphatic carbocycles. The van der Waals surface area contributed by atoms with Gasteiger partial charge in [-0.25, -0.2) is 4.79 Å². The van der Waals surface area contributed by atoms with Gasteiger partial charge in [-0.15, -0.1) is 0 Å². The van der Waals surface area contributed by atoms with E-state index >= 15 is 0 Å². The number of carbonyl (C=O) groups is 1. The lowest BCUT2D eigenvalue weighted by atomic mass is 9.97. The standard InChI is InChI=1S/C25H32O4Si/c1-25(2,3)30(21-14-7-5-8-15-21,22-16-9-6-10-17-22)28-19-20-13-11-12-18-23(20)29-24(26)27-4/h5-10,13-17,23H,11-12,18-19H2,1-4H3. The number of ether oxygens (including phenoxy) is 2. The number of allylic oxidation sites excluding steroid dienone is 1. The molecule has 4 nitrogen and oxygen atoms in total. The van der Waals surface area contributed by atoms with Gasteiger partial charge in [0.2, 0.25) is 0 Å². The fraction of sp³-hybridized carbons (Fsp3) is 0.400. The zero-order valence-electron chi connectivity index (χ0n) is 18.4. The van der Waals surface area contributed by atoms with Crippen LogP contribution in [0.3, 0.4) is 0 Å². The molecule has 2 aromatic carbocycles. The molecule has 0 N–H and O–H groups in total. The molecule has 5 heteroatoms. The minimum atomic E-state index is -2.62. The van der Waals surface area contributed by atoms with Crippen molar-refractivity contribution in [3.8, 4) is 0 Å². The second kappa shape index (κ2) is 9.62. The second-order valence-corrected chi connectivity index (χ2v) is 13.0. The molecule has 0 heterocycles. The molecule has 0 bridgehead atoms. The summed E-state index contributed by atoms with van der Waals surface area (Å²) in [6.45, 7) is 7.22. The Balaban J connectivity index is 1.99. The van der Waals surface area contributed by atoms with Crippen LogP contribution in [0.15, 0.2) is 72.3 Å². The highest BCUT2D eigenvalue weighted by Gasteiger charge is 2.50. The van der Waals surface area contributed by atoms with Crippen molar-refractivity contribution in [2.75, 3.05) is 13.7 Å². The van der Waals surface area contributed by atoms with Crippen molar-refractivity contribution in [2.45, 2.75) is 51.2 Å². The highest BCUT2D eigenvalue weighted by molar-refractivity contribution is 6.99. The van der Waals surface area contributed by atoms with Crippen molar-refractivity contribution in [3.05, 3.63) is 72.3 Å². The first kappa shape index (κ1) is 22.3. The van der Waals surface area contributed by atoms with E-state index in [1.54, 1.807) is 0 Å². The van der Waals surface area contributed by atoms with Crippen LogP contribution < -0.4 is 10.4 Å². The molecule has 0 aliphatic heterocycles. The Morgan fingerprint density at radius 2 is 1.57 bits per heavy atom. The summed E-state index contributed by atoms with van der Waals surface area (Å²) in [5.74, 6) is 0. The normalized spacial score (nSPS) is 17.2. The lowest BCUT2D eigenvalue weighted by Gasteiger charge is -2.43. The minimum Gasteiger partial charge on any atom is -0.438 e. The zero-order valence-corrected chi connectivity index (χ0v) is 19.4. The van der Waals surface area contributed by atoms with Crippen LogP contribution >= 0.6 is 0 Å². The largest absolute Gasteiger partial charge is 0.508 e. The summed E-state index contributed by atoms with van der Waals surface area (Å²) in [5.41, 5.74) is 1.03. The predicted octanol–water partition coefficient (Wildman–Crippen LogP) is 4.82. The maximum Gasteiger partial charge on any atom is 0.508 e. The van der Waals surface area contributed by atoms with Gasteiger partial charge in [0, 0.05) is 0 Å². The van der Waals surface area contributed by atoms with Gasteiger partial charge in [0.1, 0.15) is 6.10 Å². The number of carbonyl (C=O) groups excluding carboxylic acids is 1. The summed E-state index contributed by atoms with van der Waals surface area (Å²) < 4.78 is 17.2. The smallest absolute Gasteiger partial charge is 0.438 e. The van der Waals surface area contributed by atoms with Crippen molar-refractivity contribution in [1.29, 1.82) is 0 Å². The molecule has 0 radical (unpaired) electrons. The maximum atomic E-state index is 11.7. The molecule has 0 saturated heterocycles. The fourth-order valence-corrected chi connectivity index (χ4v) is 8.85. The van der Waals surface area contributed by atoms with Gasteiger partial charge in [-0.3, -0.25) is 0 Å². The van der Waals surface area contributed by atoms with Crippen LogP contribution in [0.1, 0.15) is 40.0 Å². The summed E-state index contributed by atoms with van der Waals surface area (Å²) in [4.78, 5) is 11.7. The number of hydrogen-bond donors (Lipinski definition) is 0. The first-order valence-corrected chi connectivity index (χ1v) is 12.5. The van der Waals surface area contributed by atoms with Crippen LogP contribution in [0, 0.1) is 0 Å². The molecular formula is C25H32O4Si. The van der Waals surface area contributed by atoms with Crippen LogP contribution in [-0.2, 0) is 13.9 Å². The molecule has 1 atom stereocenters. The van der Waals surface area contributed by atoms with Gasteiger partial charge < -0.3 is 13.9 Å². The van der Waals surface area contributed by atoms with E-state index in [9.17, 15) is 4.79 Å². The van der Waals surface area contributed by atoms with E-state index in [-0.39, 0.29) is 11.1 Å². The number of benzene rings is 2. The van der Waals surface area contributed by atoms with Gasteiger partial charge in [0.05, 0.1) is 13.7 Å². The molecule has 1 unspecified atom stereocenters. The molecule has 0 spiro atoms. The topological polar surface area (TPSA) is 44.8 Å². The highest BCUT2D eigenvalue weighted by Crippen LogP contribution is 2.37. The molecule has 1 aliphatic rings. The Morgan fingerprint density at radius 1 is 1.00 bits per heavy atom. The first-order valence-electron chi connectivity index (χ1n) is 10.6. The lowest BCUT2D eigenvalue weighted by Crippen LogP contribution is -2.66. The maximum absolute atomic E-state index is 11.7. The van der Waals surface area contributed by atoms with Crippen LogP contribution in [0.25, 0.3) is 0 Å². The van der Waals surface area contributed by atoms with Crippen molar-refractivity contribution < 1.29 is 18.7 Å². The Morgan fingerprint density at radius 3 is 2.07 bits per heavy atom. The van der Waals surface area contributed by atoms with E-state index in [2.05, 4.69) is 75.4 Å². The quantitative estimate of drug-likeness (QED) is 0.379. The molecule has 30 heavy (non-hydrogen) atoms. The SMILES string of the molecule is COC(=O)OC1CCCC=C1CO[Si](c1ccccc1)(c1ccccc1)C(C)(C)C.